The highest BCUT2D eigenvalue weighted by molar-refractivity contribution is 5.98. The van der Waals surface area contributed by atoms with Crippen LogP contribution in [0.2, 0.25) is 0 Å². The van der Waals surface area contributed by atoms with Crippen molar-refractivity contribution in [2.24, 2.45) is 0 Å². The molecule has 0 bridgehead atoms. The Bertz CT molecular complexity index is 565. The second-order valence-corrected chi connectivity index (χ2v) is 4.83. The van der Waals surface area contributed by atoms with Crippen molar-refractivity contribution in [1.82, 2.24) is 15.0 Å². The molecule has 8 nitrogen and oxygen atoms in total. The van der Waals surface area contributed by atoms with Gasteiger partial charge in [-0.25, -0.2) is 9.69 Å². The number of likely N-dealkylation sites (tertiary alicyclic amines) is 1. The van der Waals surface area contributed by atoms with Crippen molar-refractivity contribution in [3.8, 4) is 0 Å². The van der Waals surface area contributed by atoms with Crippen molar-refractivity contribution in [3.63, 3.8) is 0 Å². The third-order valence-corrected chi connectivity index (χ3v) is 3.45. The molecule has 1 atom stereocenters. The molecule has 0 N–H and O–H groups in total. The first-order valence-electron chi connectivity index (χ1n) is 6.27. The molecule has 0 aromatic carbocycles. The zero-order valence-electron chi connectivity index (χ0n) is 10.9. The Balaban J connectivity index is 1.69. The molecule has 3 amide bonds. The first-order chi connectivity index (χ1) is 9.56. The average Bonchev–Trinajstić information content (AvgIpc) is 3.10. The number of imide groups is 1. The van der Waals surface area contributed by atoms with Gasteiger partial charge in [-0.1, -0.05) is 5.16 Å². The van der Waals surface area contributed by atoms with Gasteiger partial charge in [-0.05, 0) is 13.3 Å². The standard InChI is InChI=1S/C12H13N3O5/c1-7-4-9(13-20-7)11(17)14-3-2-8(5-14)15-10(16)6-19-12(15)18/h4,8H,2-3,5-6H2,1H3/t8-/m1/s1. The lowest BCUT2D eigenvalue weighted by atomic mass is 10.2. The van der Waals surface area contributed by atoms with Crippen LogP contribution >= 0.6 is 0 Å². The summed E-state index contributed by atoms with van der Waals surface area (Å²) in [5.74, 6) is -0.0571. The predicted molar refractivity (Wildman–Crippen MR) is 63.7 cm³/mol. The summed E-state index contributed by atoms with van der Waals surface area (Å²) in [4.78, 5) is 37.9. The van der Waals surface area contributed by atoms with Gasteiger partial charge in [0.1, 0.15) is 5.76 Å². The molecule has 2 aliphatic heterocycles. The Morgan fingerprint density at radius 2 is 2.25 bits per heavy atom. The van der Waals surface area contributed by atoms with E-state index in [1.807, 2.05) is 0 Å². The molecule has 0 unspecified atom stereocenters. The van der Waals surface area contributed by atoms with E-state index in [0.29, 0.717) is 25.3 Å². The number of cyclic esters (lactones) is 1. The molecule has 1 aromatic heterocycles. The van der Waals surface area contributed by atoms with E-state index < -0.39 is 6.09 Å². The Morgan fingerprint density at radius 3 is 2.85 bits per heavy atom. The minimum absolute atomic E-state index is 0.217. The molecular formula is C12H13N3O5. The van der Waals surface area contributed by atoms with Crippen molar-refractivity contribution < 1.29 is 23.6 Å². The van der Waals surface area contributed by atoms with Crippen LogP contribution in [0.3, 0.4) is 0 Å². The number of carbonyl (C=O) groups excluding carboxylic acids is 3. The molecule has 2 fully saturated rings. The van der Waals surface area contributed by atoms with E-state index in [0.717, 1.165) is 4.90 Å². The zero-order chi connectivity index (χ0) is 14.3. The fourth-order valence-electron chi connectivity index (χ4n) is 2.48. The predicted octanol–water partition coefficient (Wildman–Crippen LogP) is 0.176. The Kier molecular flexibility index (Phi) is 2.92. The van der Waals surface area contributed by atoms with Crippen molar-refractivity contribution in [2.45, 2.75) is 19.4 Å². The Labute approximate surface area is 114 Å². The van der Waals surface area contributed by atoms with E-state index in [9.17, 15) is 14.4 Å². The number of aromatic nitrogens is 1. The van der Waals surface area contributed by atoms with Gasteiger partial charge in [0.15, 0.2) is 12.3 Å². The van der Waals surface area contributed by atoms with Gasteiger partial charge in [-0.15, -0.1) is 0 Å². The van der Waals surface area contributed by atoms with Gasteiger partial charge in [-0.2, -0.15) is 0 Å². The Morgan fingerprint density at radius 1 is 1.45 bits per heavy atom. The maximum Gasteiger partial charge on any atom is 0.417 e. The van der Waals surface area contributed by atoms with Crippen molar-refractivity contribution in [3.05, 3.63) is 17.5 Å². The Hall–Kier alpha value is -2.38. The van der Waals surface area contributed by atoms with Crippen LogP contribution in [0.5, 0.6) is 0 Å². The fraction of sp³-hybridized carbons (Fsp3) is 0.500. The minimum Gasteiger partial charge on any atom is -0.439 e. The van der Waals surface area contributed by atoms with Crippen molar-refractivity contribution >= 4 is 17.9 Å². The highest BCUT2D eigenvalue weighted by atomic mass is 16.6. The van der Waals surface area contributed by atoms with Crippen LogP contribution in [0.4, 0.5) is 4.79 Å². The summed E-state index contributed by atoms with van der Waals surface area (Å²) in [5, 5.41) is 3.67. The molecule has 0 aliphatic carbocycles. The van der Waals surface area contributed by atoms with Crippen LogP contribution in [-0.2, 0) is 9.53 Å². The third kappa shape index (κ3) is 2.02. The number of nitrogens with zero attached hydrogens (tertiary/aromatic N) is 3. The quantitative estimate of drug-likeness (QED) is 0.766. The summed E-state index contributed by atoms with van der Waals surface area (Å²) in [6.07, 6.45) is -0.0877. The van der Waals surface area contributed by atoms with Gasteiger partial charge < -0.3 is 14.2 Å². The topological polar surface area (TPSA) is 93.0 Å². The average molecular weight is 279 g/mol. The van der Waals surface area contributed by atoms with Crippen LogP contribution in [0.15, 0.2) is 10.6 Å². The van der Waals surface area contributed by atoms with E-state index in [2.05, 4.69) is 9.89 Å². The molecule has 3 rings (SSSR count). The van der Waals surface area contributed by atoms with E-state index >= 15 is 0 Å². The monoisotopic (exact) mass is 279 g/mol. The van der Waals surface area contributed by atoms with Crippen LogP contribution in [0, 0.1) is 6.92 Å². The van der Waals surface area contributed by atoms with Crippen LogP contribution in [-0.4, -0.2) is 58.6 Å². The summed E-state index contributed by atoms with van der Waals surface area (Å²) >= 11 is 0. The van der Waals surface area contributed by atoms with Gasteiger partial charge in [0, 0.05) is 19.2 Å². The maximum absolute atomic E-state index is 12.2. The molecule has 20 heavy (non-hydrogen) atoms. The summed E-state index contributed by atoms with van der Waals surface area (Å²) in [7, 11) is 0. The lowest BCUT2D eigenvalue weighted by Crippen LogP contribution is -2.42. The number of rotatable bonds is 2. The van der Waals surface area contributed by atoms with Gasteiger partial charge in [0.2, 0.25) is 0 Å². The SMILES string of the molecule is Cc1cc(C(=O)N2CC[C@@H](N3C(=O)COC3=O)C2)no1. The van der Waals surface area contributed by atoms with Gasteiger partial charge in [0.25, 0.3) is 11.8 Å². The summed E-state index contributed by atoms with van der Waals surface area (Å²) in [5.41, 5.74) is 0.235. The van der Waals surface area contributed by atoms with Crippen LogP contribution in [0.1, 0.15) is 22.7 Å². The molecule has 0 saturated carbocycles. The number of hydrogen-bond acceptors (Lipinski definition) is 6. The summed E-state index contributed by atoms with van der Waals surface area (Å²) in [6.45, 7) is 2.25. The van der Waals surface area contributed by atoms with Gasteiger partial charge >= 0.3 is 6.09 Å². The smallest absolute Gasteiger partial charge is 0.417 e. The number of hydrogen-bond donors (Lipinski definition) is 0. The minimum atomic E-state index is -0.633. The van der Waals surface area contributed by atoms with Gasteiger partial charge in [-0.3, -0.25) is 9.59 Å². The lowest BCUT2D eigenvalue weighted by Gasteiger charge is -2.19. The molecular weight excluding hydrogens is 266 g/mol. The molecule has 3 heterocycles. The highest BCUT2D eigenvalue weighted by Crippen LogP contribution is 2.21. The van der Waals surface area contributed by atoms with E-state index in [-0.39, 0.29) is 30.2 Å². The van der Waals surface area contributed by atoms with Crippen molar-refractivity contribution in [2.75, 3.05) is 19.7 Å². The second-order valence-electron chi connectivity index (χ2n) is 4.83. The molecule has 1 aromatic rings. The molecule has 106 valence electrons. The number of amides is 3. The van der Waals surface area contributed by atoms with Crippen LogP contribution < -0.4 is 0 Å². The van der Waals surface area contributed by atoms with Crippen molar-refractivity contribution in [1.29, 1.82) is 0 Å². The number of ether oxygens (including phenoxy) is 1. The summed E-state index contributed by atoms with van der Waals surface area (Å²) in [6, 6.07) is 1.24. The normalized spacial score (nSPS) is 22.6. The maximum atomic E-state index is 12.2. The zero-order valence-corrected chi connectivity index (χ0v) is 10.9. The molecule has 8 heteroatoms. The molecule has 2 saturated heterocycles. The first kappa shape index (κ1) is 12.6. The second kappa shape index (κ2) is 4.62. The lowest BCUT2D eigenvalue weighted by molar-refractivity contribution is -0.127. The van der Waals surface area contributed by atoms with Gasteiger partial charge in [0.05, 0.1) is 6.04 Å². The number of carbonyl (C=O) groups is 3. The fourth-order valence-corrected chi connectivity index (χ4v) is 2.48. The largest absolute Gasteiger partial charge is 0.439 e. The van der Waals surface area contributed by atoms with Crippen LogP contribution in [0.25, 0.3) is 0 Å². The van der Waals surface area contributed by atoms with E-state index in [1.54, 1.807) is 17.9 Å². The first-order valence-corrected chi connectivity index (χ1v) is 6.27. The van der Waals surface area contributed by atoms with E-state index in [4.69, 9.17) is 4.52 Å². The highest BCUT2D eigenvalue weighted by Gasteiger charge is 2.41. The summed E-state index contributed by atoms with van der Waals surface area (Å²) < 4.78 is 9.55. The van der Waals surface area contributed by atoms with E-state index in [1.165, 1.54) is 0 Å². The molecule has 0 radical (unpaired) electrons. The third-order valence-electron chi connectivity index (χ3n) is 3.45. The number of aryl methyl sites for hydroxylation is 1. The molecule has 0 spiro atoms. The molecule has 2 aliphatic rings.